The Balaban J connectivity index is 2.47. The summed E-state index contributed by atoms with van der Waals surface area (Å²) in [6, 6.07) is 12.9. The summed E-state index contributed by atoms with van der Waals surface area (Å²) in [5.41, 5.74) is 7.46. The molecule has 0 heterocycles. The van der Waals surface area contributed by atoms with Crippen LogP contribution in [0.2, 0.25) is 0 Å². The van der Waals surface area contributed by atoms with Gasteiger partial charge in [-0.2, -0.15) is 0 Å². The van der Waals surface area contributed by atoms with Crippen LogP contribution in [0.1, 0.15) is 38.8 Å². The molecule has 0 aliphatic rings. The molecule has 0 aliphatic heterocycles. The van der Waals surface area contributed by atoms with Gasteiger partial charge in [0.1, 0.15) is 0 Å². The van der Waals surface area contributed by atoms with Crippen molar-refractivity contribution in [2.75, 3.05) is 0 Å². The van der Waals surface area contributed by atoms with Gasteiger partial charge in [0, 0.05) is 0 Å². The van der Waals surface area contributed by atoms with Gasteiger partial charge in [0.2, 0.25) is 0 Å². The second kappa shape index (κ2) is 5.16. The molecule has 2 aromatic rings. The topological polar surface area (TPSA) is 0 Å². The van der Waals surface area contributed by atoms with Gasteiger partial charge in [-0.15, -0.1) is 11.6 Å². The summed E-state index contributed by atoms with van der Waals surface area (Å²) in [6.07, 6.45) is 0. The molecule has 0 N–H and O–H groups in total. The molecule has 0 spiro atoms. The van der Waals surface area contributed by atoms with Crippen LogP contribution >= 0.6 is 11.6 Å². The fraction of sp³-hybridized carbons (Fsp3) is 0.294. The van der Waals surface area contributed by atoms with Crippen molar-refractivity contribution in [1.82, 2.24) is 0 Å². The van der Waals surface area contributed by atoms with Gasteiger partial charge < -0.3 is 0 Å². The third kappa shape index (κ3) is 2.59. The molecule has 0 fully saturated rings. The van der Waals surface area contributed by atoms with Crippen molar-refractivity contribution in [2.24, 2.45) is 0 Å². The second-order valence-corrected chi connectivity index (χ2v) is 5.52. The van der Waals surface area contributed by atoms with Crippen LogP contribution in [0.15, 0.2) is 36.4 Å². The third-order valence-electron chi connectivity index (χ3n) is 3.41. The van der Waals surface area contributed by atoms with Crippen molar-refractivity contribution >= 4 is 11.6 Å². The predicted molar refractivity (Wildman–Crippen MR) is 79.5 cm³/mol. The Morgan fingerprint density at radius 2 is 1.33 bits per heavy atom. The van der Waals surface area contributed by atoms with Crippen LogP contribution in [0, 0.1) is 27.7 Å². The van der Waals surface area contributed by atoms with E-state index in [-0.39, 0.29) is 5.38 Å². The standard InChI is InChI=1S/C17H19Cl/c1-11-6-8-15(14(4)9-11)17(18)16-10-12(2)5-7-13(16)3/h5-10,17H,1-4H3. The lowest BCUT2D eigenvalue weighted by Gasteiger charge is -2.16. The zero-order chi connectivity index (χ0) is 13.3. The first-order valence-corrected chi connectivity index (χ1v) is 6.71. The SMILES string of the molecule is Cc1ccc(C(Cl)c2cc(C)ccc2C)c(C)c1. The van der Waals surface area contributed by atoms with Crippen LogP contribution in [-0.4, -0.2) is 0 Å². The lowest BCUT2D eigenvalue weighted by Crippen LogP contribution is -1.99. The lowest BCUT2D eigenvalue weighted by atomic mass is 9.95. The molecule has 0 saturated heterocycles. The maximum Gasteiger partial charge on any atom is 0.0840 e. The molecule has 2 aromatic carbocycles. The minimum Gasteiger partial charge on any atom is -0.113 e. The molecule has 2 rings (SSSR count). The molecule has 18 heavy (non-hydrogen) atoms. The van der Waals surface area contributed by atoms with E-state index in [4.69, 9.17) is 11.6 Å². The largest absolute Gasteiger partial charge is 0.113 e. The highest BCUT2D eigenvalue weighted by Gasteiger charge is 2.15. The number of halogens is 1. The predicted octanol–water partition coefficient (Wildman–Crippen LogP) is 5.25. The Morgan fingerprint density at radius 1 is 0.722 bits per heavy atom. The minimum atomic E-state index is -0.0644. The molecule has 0 bridgehead atoms. The van der Waals surface area contributed by atoms with Crippen LogP contribution in [0.5, 0.6) is 0 Å². The lowest BCUT2D eigenvalue weighted by molar-refractivity contribution is 1.08. The van der Waals surface area contributed by atoms with Gasteiger partial charge in [0.05, 0.1) is 5.38 Å². The highest BCUT2D eigenvalue weighted by molar-refractivity contribution is 6.22. The van der Waals surface area contributed by atoms with Gasteiger partial charge >= 0.3 is 0 Å². The number of hydrogen-bond acceptors (Lipinski definition) is 0. The summed E-state index contributed by atoms with van der Waals surface area (Å²) in [6.45, 7) is 8.46. The van der Waals surface area contributed by atoms with Crippen LogP contribution in [-0.2, 0) is 0 Å². The molecular formula is C17H19Cl. The van der Waals surface area contributed by atoms with E-state index < -0.39 is 0 Å². The van der Waals surface area contributed by atoms with Gasteiger partial charge in [-0.1, -0.05) is 47.5 Å². The van der Waals surface area contributed by atoms with E-state index >= 15 is 0 Å². The number of aryl methyl sites for hydroxylation is 4. The normalized spacial score (nSPS) is 12.5. The van der Waals surface area contributed by atoms with Crippen LogP contribution in [0.25, 0.3) is 0 Å². The Labute approximate surface area is 115 Å². The molecule has 0 saturated carbocycles. The summed E-state index contributed by atoms with van der Waals surface area (Å²) < 4.78 is 0. The third-order valence-corrected chi connectivity index (χ3v) is 3.88. The number of benzene rings is 2. The monoisotopic (exact) mass is 258 g/mol. The summed E-state index contributed by atoms with van der Waals surface area (Å²) in [4.78, 5) is 0. The van der Waals surface area contributed by atoms with Gasteiger partial charge in [-0.3, -0.25) is 0 Å². The summed E-state index contributed by atoms with van der Waals surface area (Å²) in [7, 11) is 0. The Morgan fingerprint density at radius 3 is 2.00 bits per heavy atom. The average Bonchev–Trinajstić information content (AvgIpc) is 2.31. The Bertz CT molecular complexity index is 570. The van der Waals surface area contributed by atoms with E-state index in [2.05, 4.69) is 64.1 Å². The highest BCUT2D eigenvalue weighted by Crippen LogP contribution is 2.33. The van der Waals surface area contributed by atoms with Gasteiger partial charge in [-0.25, -0.2) is 0 Å². The van der Waals surface area contributed by atoms with Crippen molar-refractivity contribution in [3.05, 3.63) is 69.8 Å². The highest BCUT2D eigenvalue weighted by atomic mass is 35.5. The quantitative estimate of drug-likeness (QED) is 0.646. The number of rotatable bonds is 2. The first kappa shape index (κ1) is 13.2. The first-order valence-electron chi connectivity index (χ1n) is 6.27. The molecular weight excluding hydrogens is 240 g/mol. The van der Waals surface area contributed by atoms with Crippen LogP contribution in [0.3, 0.4) is 0 Å². The van der Waals surface area contributed by atoms with Crippen molar-refractivity contribution in [3.8, 4) is 0 Å². The fourth-order valence-electron chi connectivity index (χ4n) is 2.31. The second-order valence-electron chi connectivity index (χ2n) is 5.08. The summed E-state index contributed by atoms with van der Waals surface area (Å²) >= 11 is 6.67. The molecule has 1 unspecified atom stereocenters. The van der Waals surface area contributed by atoms with Crippen LogP contribution in [0.4, 0.5) is 0 Å². The van der Waals surface area contributed by atoms with Crippen molar-refractivity contribution in [2.45, 2.75) is 33.1 Å². The Kier molecular flexibility index (Phi) is 3.77. The molecule has 0 amide bonds. The van der Waals surface area contributed by atoms with E-state index in [1.807, 2.05) is 0 Å². The minimum absolute atomic E-state index is 0.0644. The summed E-state index contributed by atoms with van der Waals surface area (Å²) in [5, 5.41) is -0.0644. The van der Waals surface area contributed by atoms with E-state index in [1.54, 1.807) is 0 Å². The molecule has 0 nitrogen and oxygen atoms in total. The molecule has 94 valence electrons. The van der Waals surface area contributed by atoms with Gasteiger partial charge in [0.25, 0.3) is 0 Å². The zero-order valence-corrected chi connectivity index (χ0v) is 12.2. The zero-order valence-electron chi connectivity index (χ0n) is 11.4. The summed E-state index contributed by atoms with van der Waals surface area (Å²) in [5.74, 6) is 0. The maximum absolute atomic E-state index is 6.67. The van der Waals surface area contributed by atoms with Gasteiger partial charge in [0.15, 0.2) is 0 Å². The van der Waals surface area contributed by atoms with E-state index in [1.165, 1.54) is 33.4 Å². The van der Waals surface area contributed by atoms with Crippen LogP contribution < -0.4 is 0 Å². The smallest absolute Gasteiger partial charge is 0.0840 e. The molecule has 0 aromatic heterocycles. The molecule has 1 heteroatoms. The van der Waals surface area contributed by atoms with Gasteiger partial charge in [-0.05, 0) is 49.9 Å². The van der Waals surface area contributed by atoms with E-state index in [0.29, 0.717) is 0 Å². The van der Waals surface area contributed by atoms with E-state index in [9.17, 15) is 0 Å². The fourth-order valence-corrected chi connectivity index (χ4v) is 2.79. The Hall–Kier alpha value is -1.27. The first-order chi connectivity index (χ1) is 8.49. The number of hydrogen-bond donors (Lipinski definition) is 0. The van der Waals surface area contributed by atoms with Crippen molar-refractivity contribution in [3.63, 3.8) is 0 Å². The maximum atomic E-state index is 6.67. The molecule has 0 radical (unpaired) electrons. The average molecular weight is 259 g/mol. The van der Waals surface area contributed by atoms with E-state index in [0.717, 1.165) is 0 Å². The molecule has 1 atom stereocenters. The molecule has 0 aliphatic carbocycles. The van der Waals surface area contributed by atoms with Crippen molar-refractivity contribution < 1.29 is 0 Å². The van der Waals surface area contributed by atoms with Crippen molar-refractivity contribution in [1.29, 1.82) is 0 Å². The number of alkyl halides is 1.